The first-order chi connectivity index (χ1) is 19.2. The van der Waals surface area contributed by atoms with Crippen LogP contribution in [0.4, 0.5) is 0 Å². The second kappa shape index (κ2) is 13.0. The Hall–Kier alpha value is 0.531. The zero-order chi connectivity index (χ0) is 31.3. The second-order valence-electron chi connectivity index (χ2n) is 19.3. The first-order valence-electron chi connectivity index (χ1n) is 18.2. The molecule has 4 aliphatic rings. The normalized spacial score (nSPS) is 40.6. The highest BCUT2D eigenvalue weighted by atomic mass is 28.4. The van der Waals surface area contributed by atoms with Gasteiger partial charge in [0.25, 0.3) is 0 Å². The van der Waals surface area contributed by atoms with Crippen LogP contribution < -0.4 is 0 Å². The molecule has 0 heterocycles. The summed E-state index contributed by atoms with van der Waals surface area (Å²) in [7, 11) is -4.57. The fraction of sp³-hybridized carbons (Fsp3) is 1.00. The molecular formula is C36H72O3Si3. The third-order valence-electron chi connectivity index (χ3n) is 12.6. The molecule has 4 fully saturated rings. The molecule has 0 aromatic carbocycles. The molecule has 0 aromatic rings. The summed E-state index contributed by atoms with van der Waals surface area (Å²) in [5.74, 6) is 5.63. The van der Waals surface area contributed by atoms with Crippen molar-refractivity contribution in [3.63, 3.8) is 0 Å². The summed E-state index contributed by atoms with van der Waals surface area (Å²) in [5.41, 5.74) is 0.970. The number of rotatable bonds is 12. The molecule has 0 saturated heterocycles. The summed E-state index contributed by atoms with van der Waals surface area (Å²) in [6, 6.07) is 0. The summed E-state index contributed by atoms with van der Waals surface area (Å²) in [6.45, 7) is 32.8. The van der Waals surface area contributed by atoms with Gasteiger partial charge in [-0.05, 0) is 169 Å². The standard InChI is InChI=1S/C36H72O3Si3/c1-26(25-37-40(5,6)7)15-14-16-27(2)30-17-18-31-34-32(20-22-36(30,31)4)35(3)21-19-29(38-41(8,9)10)23-28(35)24-33(34)39-42(11,12)13/h26-34H,14-25H2,1-13H3/t26?,27?,28-,29-,30-,31+,32+,33-,34+,35+,36-/m1/s1. The lowest BCUT2D eigenvalue weighted by molar-refractivity contribution is -0.168. The van der Waals surface area contributed by atoms with Crippen molar-refractivity contribution < 1.29 is 13.3 Å². The van der Waals surface area contributed by atoms with E-state index in [1.54, 1.807) is 0 Å². The third-order valence-corrected chi connectivity index (χ3v) is 15.6. The van der Waals surface area contributed by atoms with Crippen LogP contribution in [0.15, 0.2) is 0 Å². The van der Waals surface area contributed by atoms with Crippen LogP contribution in [0.5, 0.6) is 0 Å². The van der Waals surface area contributed by atoms with Crippen molar-refractivity contribution in [3.05, 3.63) is 0 Å². The fourth-order valence-electron chi connectivity index (χ4n) is 10.8. The van der Waals surface area contributed by atoms with Gasteiger partial charge in [-0.25, -0.2) is 0 Å². The van der Waals surface area contributed by atoms with E-state index in [1.807, 2.05) is 0 Å². The molecule has 2 unspecified atom stereocenters. The van der Waals surface area contributed by atoms with Crippen LogP contribution in [0, 0.1) is 52.3 Å². The van der Waals surface area contributed by atoms with Gasteiger partial charge in [-0.15, -0.1) is 0 Å². The largest absolute Gasteiger partial charge is 0.417 e. The lowest BCUT2D eigenvalue weighted by atomic mass is 9.43. The first kappa shape index (κ1) is 35.4. The van der Waals surface area contributed by atoms with Crippen LogP contribution in [-0.4, -0.2) is 43.8 Å². The highest BCUT2D eigenvalue weighted by Crippen LogP contribution is 2.69. The van der Waals surface area contributed by atoms with E-state index in [1.165, 1.54) is 70.6 Å². The molecule has 4 rings (SSSR count). The van der Waals surface area contributed by atoms with Gasteiger partial charge in [0.2, 0.25) is 0 Å². The van der Waals surface area contributed by atoms with Gasteiger partial charge >= 0.3 is 0 Å². The van der Waals surface area contributed by atoms with Crippen LogP contribution in [0.25, 0.3) is 0 Å². The number of hydrogen-bond acceptors (Lipinski definition) is 3. The first-order valence-corrected chi connectivity index (χ1v) is 28.4. The van der Waals surface area contributed by atoms with E-state index in [0.29, 0.717) is 29.0 Å². The smallest absolute Gasteiger partial charge is 0.184 e. The molecule has 0 radical (unpaired) electrons. The lowest BCUT2D eigenvalue weighted by Gasteiger charge is -2.64. The monoisotopic (exact) mass is 636 g/mol. The van der Waals surface area contributed by atoms with E-state index in [4.69, 9.17) is 13.3 Å². The van der Waals surface area contributed by atoms with Crippen molar-refractivity contribution in [2.75, 3.05) is 6.61 Å². The van der Waals surface area contributed by atoms with Gasteiger partial charge in [-0.2, -0.15) is 0 Å². The molecule has 0 amide bonds. The fourth-order valence-corrected chi connectivity index (χ4v) is 13.9. The van der Waals surface area contributed by atoms with Crippen LogP contribution in [0.2, 0.25) is 58.9 Å². The van der Waals surface area contributed by atoms with Crippen molar-refractivity contribution in [2.24, 2.45) is 52.3 Å². The summed E-state index contributed by atoms with van der Waals surface area (Å²) >= 11 is 0. The van der Waals surface area contributed by atoms with Gasteiger partial charge in [0.15, 0.2) is 25.0 Å². The molecule has 42 heavy (non-hydrogen) atoms. The van der Waals surface area contributed by atoms with Crippen LogP contribution in [0.1, 0.15) is 98.3 Å². The molecule has 11 atom stereocenters. The minimum Gasteiger partial charge on any atom is -0.417 e. The van der Waals surface area contributed by atoms with Gasteiger partial charge in [0.1, 0.15) is 0 Å². The molecule has 3 nitrogen and oxygen atoms in total. The maximum absolute atomic E-state index is 7.26. The van der Waals surface area contributed by atoms with E-state index in [-0.39, 0.29) is 0 Å². The summed E-state index contributed by atoms with van der Waals surface area (Å²) in [4.78, 5) is 0. The van der Waals surface area contributed by atoms with E-state index < -0.39 is 25.0 Å². The number of hydrogen-bond donors (Lipinski definition) is 0. The van der Waals surface area contributed by atoms with Gasteiger partial charge in [0.05, 0.1) is 0 Å². The molecule has 4 saturated carbocycles. The zero-order valence-corrected chi connectivity index (χ0v) is 33.4. The minimum atomic E-state index is -1.64. The number of fused-ring (bicyclic) bond motifs is 5. The molecular weight excluding hydrogens is 565 g/mol. The Morgan fingerprint density at radius 2 is 1.31 bits per heavy atom. The Kier molecular flexibility index (Phi) is 10.9. The summed E-state index contributed by atoms with van der Waals surface area (Å²) in [6.07, 6.45) is 16.0. The molecule has 4 aliphatic carbocycles. The van der Waals surface area contributed by atoms with Crippen LogP contribution in [-0.2, 0) is 13.3 Å². The molecule has 0 N–H and O–H groups in total. The average Bonchev–Trinajstić information content (AvgIpc) is 3.18. The topological polar surface area (TPSA) is 27.7 Å². The summed E-state index contributed by atoms with van der Waals surface area (Å²) in [5, 5.41) is 0. The predicted molar refractivity (Wildman–Crippen MR) is 189 cm³/mol. The molecule has 0 aliphatic heterocycles. The quantitative estimate of drug-likeness (QED) is 0.199. The Bertz CT molecular complexity index is 891. The molecule has 0 bridgehead atoms. The molecule has 6 heteroatoms. The SMILES string of the molecule is CC(CCCC(C)[C@H]1CC[C@H]2[C@@H]3[C@H](O[Si](C)(C)C)C[C@H]4C[C@H](O[Si](C)(C)C)CC[C@]4(C)[C@H]3CC[C@]12C)CO[Si](C)(C)C. The van der Waals surface area contributed by atoms with E-state index in [9.17, 15) is 0 Å². The van der Waals surface area contributed by atoms with Crippen LogP contribution in [0.3, 0.4) is 0 Å². The van der Waals surface area contributed by atoms with E-state index in [0.717, 1.165) is 42.1 Å². The van der Waals surface area contributed by atoms with Crippen molar-refractivity contribution in [1.82, 2.24) is 0 Å². The lowest BCUT2D eigenvalue weighted by Crippen LogP contribution is -2.60. The Morgan fingerprint density at radius 3 is 1.93 bits per heavy atom. The highest BCUT2D eigenvalue weighted by molar-refractivity contribution is 6.70. The van der Waals surface area contributed by atoms with Crippen molar-refractivity contribution in [2.45, 2.75) is 169 Å². The Morgan fingerprint density at radius 1 is 0.690 bits per heavy atom. The second-order valence-corrected chi connectivity index (χ2v) is 32.7. The van der Waals surface area contributed by atoms with E-state index >= 15 is 0 Å². The zero-order valence-electron chi connectivity index (χ0n) is 30.4. The van der Waals surface area contributed by atoms with Gasteiger partial charge in [-0.1, -0.05) is 40.5 Å². The minimum absolute atomic E-state index is 0.469. The third kappa shape index (κ3) is 8.27. The van der Waals surface area contributed by atoms with E-state index in [2.05, 4.69) is 86.6 Å². The molecule has 246 valence electrons. The van der Waals surface area contributed by atoms with Crippen molar-refractivity contribution in [1.29, 1.82) is 0 Å². The van der Waals surface area contributed by atoms with Gasteiger partial charge in [-0.3, -0.25) is 0 Å². The van der Waals surface area contributed by atoms with Gasteiger partial charge < -0.3 is 13.3 Å². The summed E-state index contributed by atoms with van der Waals surface area (Å²) < 4.78 is 20.2. The Labute approximate surface area is 265 Å². The highest BCUT2D eigenvalue weighted by Gasteiger charge is 2.63. The maximum atomic E-state index is 7.26. The molecule has 0 spiro atoms. The molecule has 0 aromatic heterocycles. The van der Waals surface area contributed by atoms with Gasteiger partial charge in [0, 0.05) is 18.8 Å². The Balaban J connectivity index is 1.47. The van der Waals surface area contributed by atoms with Crippen molar-refractivity contribution >= 4 is 25.0 Å². The van der Waals surface area contributed by atoms with Crippen LogP contribution >= 0.6 is 0 Å². The predicted octanol–water partition coefficient (Wildman–Crippen LogP) is 11.0. The van der Waals surface area contributed by atoms with Crippen molar-refractivity contribution in [3.8, 4) is 0 Å². The maximum Gasteiger partial charge on any atom is 0.184 e. The average molecular weight is 637 g/mol.